The summed E-state index contributed by atoms with van der Waals surface area (Å²) in [5, 5.41) is 18.2. The topological polar surface area (TPSA) is 87.8 Å². The number of nitrogens with one attached hydrogen (secondary N) is 1. The monoisotopic (exact) mass is 344 g/mol. The van der Waals surface area contributed by atoms with E-state index < -0.39 is 5.56 Å². The highest BCUT2D eigenvalue weighted by atomic mass is 32.1. The first-order valence-corrected chi connectivity index (χ1v) is 8.54. The highest BCUT2D eigenvalue weighted by molar-refractivity contribution is 7.10. The quantitative estimate of drug-likeness (QED) is 0.901. The van der Waals surface area contributed by atoms with Crippen LogP contribution in [0.3, 0.4) is 0 Å². The lowest BCUT2D eigenvalue weighted by atomic mass is 10.0. The summed E-state index contributed by atoms with van der Waals surface area (Å²) >= 11 is 1.58. The minimum absolute atomic E-state index is 0.0361. The molecular formula is C17H20N4O2S. The average molecular weight is 344 g/mol. The molecule has 1 N–H and O–H groups in total. The van der Waals surface area contributed by atoms with E-state index >= 15 is 0 Å². The van der Waals surface area contributed by atoms with Gasteiger partial charge in [-0.3, -0.25) is 9.59 Å². The van der Waals surface area contributed by atoms with E-state index in [9.17, 15) is 9.59 Å². The second kappa shape index (κ2) is 7.41. The van der Waals surface area contributed by atoms with Gasteiger partial charge in [-0.2, -0.15) is 10.4 Å². The van der Waals surface area contributed by atoms with Crippen LogP contribution in [0, 0.1) is 31.1 Å². The van der Waals surface area contributed by atoms with Gasteiger partial charge in [-0.1, -0.05) is 19.9 Å². The summed E-state index contributed by atoms with van der Waals surface area (Å²) in [7, 11) is 0. The summed E-state index contributed by atoms with van der Waals surface area (Å²) in [6, 6.07) is 5.70. The Bertz CT molecular complexity index is 832. The molecule has 0 unspecified atom stereocenters. The van der Waals surface area contributed by atoms with Crippen molar-refractivity contribution in [3.63, 3.8) is 0 Å². The fourth-order valence-electron chi connectivity index (χ4n) is 2.40. The van der Waals surface area contributed by atoms with Crippen LogP contribution in [-0.2, 0) is 11.3 Å². The van der Waals surface area contributed by atoms with Gasteiger partial charge < -0.3 is 5.32 Å². The van der Waals surface area contributed by atoms with Crippen molar-refractivity contribution in [3.05, 3.63) is 49.6 Å². The van der Waals surface area contributed by atoms with E-state index in [0.717, 1.165) is 9.56 Å². The zero-order valence-electron chi connectivity index (χ0n) is 14.2. The Kier molecular flexibility index (Phi) is 5.52. The summed E-state index contributed by atoms with van der Waals surface area (Å²) in [5.74, 6) is -0.0875. The van der Waals surface area contributed by atoms with Crippen LogP contribution >= 0.6 is 11.3 Å². The molecule has 0 radical (unpaired) electrons. The van der Waals surface area contributed by atoms with Crippen molar-refractivity contribution in [1.29, 1.82) is 5.26 Å². The van der Waals surface area contributed by atoms with Gasteiger partial charge >= 0.3 is 0 Å². The molecule has 0 aliphatic rings. The van der Waals surface area contributed by atoms with Crippen molar-refractivity contribution in [1.82, 2.24) is 15.1 Å². The van der Waals surface area contributed by atoms with Gasteiger partial charge in [0.25, 0.3) is 5.56 Å². The minimum Gasteiger partial charge on any atom is -0.347 e. The summed E-state index contributed by atoms with van der Waals surface area (Å²) in [6.07, 6.45) is 0. The molecule has 7 heteroatoms. The molecule has 0 saturated carbocycles. The molecule has 6 nitrogen and oxygen atoms in total. The third-order valence-corrected chi connectivity index (χ3v) is 4.83. The first kappa shape index (κ1) is 17.9. The molecule has 0 aliphatic carbocycles. The molecule has 126 valence electrons. The maximum absolute atomic E-state index is 12.4. The van der Waals surface area contributed by atoms with Crippen molar-refractivity contribution in [3.8, 4) is 6.07 Å². The van der Waals surface area contributed by atoms with Crippen molar-refractivity contribution in [2.24, 2.45) is 5.92 Å². The van der Waals surface area contributed by atoms with E-state index in [2.05, 4.69) is 10.4 Å². The van der Waals surface area contributed by atoms with E-state index in [1.165, 1.54) is 0 Å². The molecule has 2 aromatic rings. The molecule has 0 saturated heterocycles. The van der Waals surface area contributed by atoms with E-state index in [1.807, 2.05) is 37.4 Å². The van der Waals surface area contributed by atoms with E-state index in [1.54, 1.807) is 25.2 Å². The summed E-state index contributed by atoms with van der Waals surface area (Å²) < 4.78 is 1.06. The molecule has 1 amide bonds. The zero-order valence-corrected chi connectivity index (χ0v) is 15.0. The van der Waals surface area contributed by atoms with Crippen molar-refractivity contribution < 1.29 is 4.79 Å². The molecular weight excluding hydrogens is 324 g/mol. The Balaban J connectivity index is 2.23. The fraction of sp³-hybridized carbons (Fsp3) is 0.412. The number of nitriles is 1. The predicted octanol–water partition coefficient (Wildman–Crippen LogP) is 2.31. The maximum atomic E-state index is 12.4. The Morgan fingerprint density at radius 3 is 2.71 bits per heavy atom. The third-order valence-electron chi connectivity index (χ3n) is 3.87. The minimum atomic E-state index is -0.534. The maximum Gasteiger partial charge on any atom is 0.285 e. The lowest BCUT2D eigenvalue weighted by molar-refractivity contribution is -0.123. The van der Waals surface area contributed by atoms with Gasteiger partial charge in [-0.15, -0.1) is 11.3 Å². The lowest BCUT2D eigenvalue weighted by Gasteiger charge is -2.21. The first-order valence-electron chi connectivity index (χ1n) is 7.66. The van der Waals surface area contributed by atoms with Crippen LogP contribution in [0.4, 0.5) is 0 Å². The average Bonchev–Trinajstić information content (AvgIpc) is 3.04. The Morgan fingerprint density at radius 1 is 1.46 bits per heavy atom. The van der Waals surface area contributed by atoms with Gasteiger partial charge in [0.1, 0.15) is 18.2 Å². The second-order valence-electron chi connectivity index (χ2n) is 5.96. The van der Waals surface area contributed by atoms with Gasteiger partial charge in [-0.25, -0.2) is 4.68 Å². The number of hydrogen-bond acceptors (Lipinski definition) is 5. The predicted molar refractivity (Wildman–Crippen MR) is 92.7 cm³/mol. The van der Waals surface area contributed by atoms with Crippen LogP contribution in [-0.4, -0.2) is 15.7 Å². The molecule has 24 heavy (non-hydrogen) atoms. The number of carbonyl (C=O) groups excluding carboxylic acids is 1. The molecule has 0 aromatic carbocycles. The van der Waals surface area contributed by atoms with Gasteiger partial charge in [0, 0.05) is 4.88 Å². The summed E-state index contributed by atoms with van der Waals surface area (Å²) in [4.78, 5) is 25.7. The van der Waals surface area contributed by atoms with Gasteiger partial charge in [0.2, 0.25) is 5.91 Å². The van der Waals surface area contributed by atoms with Crippen LogP contribution in [0.1, 0.15) is 41.6 Å². The Labute approximate surface area is 144 Å². The molecule has 1 atom stereocenters. The highest BCUT2D eigenvalue weighted by Gasteiger charge is 2.20. The van der Waals surface area contributed by atoms with E-state index in [-0.39, 0.29) is 30.0 Å². The fourth-order valence-corrected chi connectivity index (χ4v) is 3.35. The lowest BCUT2D eigenvalue weighted by Crippen LogP contribution is -2.38. The SMILES string of the molecule is Cc1nn(CC(=O)N[C@H](c2cccs2)C(C)C)c(=O)c(C#N)c1C. The van der Waals surface area contributed by atoms with Gasteiger partial charge in [0.15, 0.2) is 0 Å². The molecule has 2 aromatic heterocycles. The standard InChI is InChI=1S/C17H20N4O2S/c1-10(2)16(14-6-5-7-24-14)19-15(22)9-21-17(23)13(8-18)11(3)12(4)20-21/h5-7,10,16H,9H2,1-4H3,(H,19,22)/t16-/m0/s1. The number of aryl methyl sites for hydroxylation is 1. The number of thiophene rings is 1. The normalized spacial score (nSPS) is 12.0. The van der Waals surface area contributed by atoms with Crippen LogP contribution in [0.5, 0.6) is 0 Å². The molecule has 0 fully saturated rings. The second-order valence-corrected chi connectivity index (χ2v) is 6.94. The number of amides is 1. The van der Waals surface area contributed by atoms with Crippen LogP contribution in [0.15, 0.2) is 22.3 Å². The largest absolute Gasteiger partial charge is 0.347 e. The van der Waals surface area contributed by atoms with Crippen LogP contribution in [0.2, 0.25) is 0 Å². The van der Waals surface area contributed by atoms with Crippen molar-refractivity contribution in [2.45, 2.75) is 40.3 Å². The van der Waals surface area contributed by atoms with Gasteiger partial charge in [0.05, 0.1) is 11.7 Å². The molecule has 2 rings (SSSR count). The smallest absolute Gasteiger partial charge is 0.285 e. The van der Waals surface area contributed by atoms with Crippen LogP contribution < -0.4 is 10.9 Å². The molecule has 0 bridgehead atoms. The number of nitrogens with zero attached hydrogens (tertiary/aromatic N) is 3. The first-order chi connectivity index (χ1) is 11.3. The van der Waals surface area contributed by atoms with Crippen molar-refractivity contribution in [2.75, 3.05) is 0 Å². The van der Waals surface area contributed by atoms with E-state index in [0.29, 0.717) is 11.3 Å². The third kappa shape index (κ3) is 3.71. The zero-order chi connectivity index (χ0) is 17.9. The Morgan fingerprint density at radius 2 is 2.17 bits per heavy atom. The number of hydrogen-bond donors (Lipinski definition) is 1. The van der Waals surface area contributed by atoms with Crippen LogP contribution in [0.25, 0.3) is 0 Å². The van der Waals surface area contributed by atoms with E-state index in [4.69, 9.17) is 5.26 Å². The molecule has 0 aliphatic heterocycles. The molecule has 2 heterocycles. The summed E-state index contributed by atoms with van der Waals surface area (Å²) in [6.45, 7) is 7.24. The van der Waals surface area contributed by atoms with Gasteiger partial charge in [-0.05, 0) is 36.8 Å². The number of carbonyl (C=O) groups is 1. The molecule has 0 spiro atoms. The van der Waals surface area contributed by atoms with Crippen molar-refractivity contribution >= 4 is 17.2 Å². The highest BCUT2D eigenvalue weighted by Crippen LogP contribution is 2.25. The number of rotatable bonds is 5. The summed E-state index contributed by atoms with van der Waals surface area (Å²) in [5.41, 5.74) is 0.623. The number of aromatic nitrogens is 2. The Hall–Kier alpha value is -2.46.